The fourth-order valence-corrected chi connectivity index (χ4v) is 2.66. The molecule has 0 bridgehead atoms. The van der Waals surface area contributed by atoms with Crippen molar-refractivity contribution in [3.05, 3.63) is 42.1 Å². The Bertz CT molecular complexity index is 591. The Morgan fingerprint density at radius 1 is 1.15 bits per heavy atom. The second kappa shape index (κ2) is 6.01. The minimum Gasteiger partial charge on any atom is -0.343 e. The summed E-state index contributed by atoms with van der Waals surface area (Å²) in [7, 11) is 0. The van der Waals surface area contributed by atoms with E-state index < -0.39 is 0 Å². The number of amides is 1. The maximum absolute atomic E-state index is 10.7. The first kappa shape index (κ1) is 13.1. The van der Waals surface area contributed by atoms with Crippen molar-refractivity contribution >= 4 is 17.3 Å². The molecule has 1 aromatic heterocycles. The molecular formula is C16H19N3O. The Balaban J connectivity index is 1.58. The van der Waals surface area contributed by atoms with E-state index in [2.05, 4.69) is 34.1 Å². The van der Waals surface area contributed by atoms with Gasteiger partial charge in [-0.2, -0.15) is 0 Å². The summed E-state index contributed by atoms with van der Waals surface area (Å²) in [4.78, 5) is 19.3. The number of hydrogen-bond acceptors (Lipinski definition) is 3. The fraction of sp³-hybridized carbons (Fsp3) is 0.375. The summed E-state index contributed by atoms with van der Waals surface area (Å²) in [5.74, 6) is 0. The minimum atomic E-state index is 0.852. The maximum atomic E-state index is 10.7. The molecule has 1 aromatic carbocycles. The first-order valence-corrected chi connectivity index (χ1v) is 7.10. The van der Waals surface area contributed by atoms with Crippen molar-refractivity contribution in [3.8, 4) is 0 Å². The molecule has 4 heteroatoms. The van der Waals surface area contributed by atoms with E-state index in [4.69, 9.17) is 0 Å². The lowest BCUT2D eigenvalue weighted by Gasteiger charge is -2.32. The smallest absolute Gasteiger partial charge is 0.209 e. The highest BCUT2D eigenvalue weighted by Gasteiger charge is 2.14. The topological polar surface area (TPSA) is 36.4 Å². The molecule has 104 valence electrons. The number of pyridine rings is 1. The zero-order chi connectivity index (χ0) is 13.8. The molecule has 0 unspecified atom stereocenters. The molecule has 2 aromatic rings. The number of nitrogens with zero attached hydrogens (tertiary/aromatic N) is 3. The van der Waals surface area contributed by atoms with Gasteiger partial charge in [0.2, 0.25) is 6.41 Å². The maximum Gasteiger partial charge on any atom is 0.209 e. The van der Waals surface area contributed by atoms with Crippen LogP contribution < -0.4 is 0 Å². The second-order valence-electron chi connectivity index (χ2n) is 5.26. The van der Waals surface area contributed by atoms with Gasteiger partial charge >= 0.3 is 0 Å². The lowest BCUT2D eigenvalue weighted by atomic mass is 10.1. The molecule has 20 heavy (non-hydrogen) atoms. The molecule has 1 fully saturated rings. The van der Waals surface area contributed by atoms with Crippen LogP contribution in [0.3, 0.4) is 0 Å². The Morgan fingerprint density at radius 2 is 2.00 bits per heavy atom. The first-order chi connectivity index (χ1) is 9.85. The highest BCUT2D eigenvalue weighted by Crippen LogP contribution is 2.14. The zero-order valence-corrected chi connectivity index (χ0v) is 11.5. The van der Waals surface area contributed by atoms with Gasteiger partial charge in [-0.3, -0.25) is 14.7 Å². The molecule has 0 saturated carbocycles. The third kappa shape index (κ3) is 2.96. The third-order valence-electron chi connectivity index (χ3n) is 3.94. The number of fused-ring (bicyclic) bond motifs is 1. The van der Waals surface area contributed by atoms with Crippen molar-refractivity contribution in [1.29, 1.82) is 0 Å². The van der Waals surface area contributed by atoms with Crippen molar-refractivity contribution in [1.82, 2.24) is 14.8 Å². The molecule has 2 heterocycles. The van der Waals surface area contributed by atoms with Crippen LogP contribution in [0.4, 0.5) is 0 Å². The number of benzene rings is 1. The lowest BCUT2D eigenvalue weighted by molar-refractivity contribution is -0.119. The number of aromatic nitrogens is 1. The molecule has 3 rings (SSSR count). The standard InChI is InChI=1S/C16H19N3O/c20-13-19-10-8-18(9-11-19)7-5-14-3-4-16-15(12-14)2-1-6-17-16/h1-4,6,12-13H,5,7-11H2. The van der Waals surface area contributed by atoms with Gasteiger partial charge in [-0.1, -0.05) is 12.1 Å². The highest BCUT2D eigenvalue weighted by molar-refractivity contribution is 5.78. The summed E-state index contributed by atoms with van der Waals surface area (Å²) in [6.07, 6.45) is 3.83. The minimum absolute atomic E-state index is 0.852. The van der Waals surface area contributed by atoms with Crippen LogP contribution in [-0.4, -0.2) is 53.9 Å². The molecule has 0 aliphatic carbocycles. The van der Waals surface area contributed by atoms with Gasteiger partial charge in [-0.05, 0) is 30.2 Å². The molecule has 1 saturated heterocycles. The van der Waals surface area contributed by atoms with Crippen LogP contribution in [0, 0.1) is 0 Å². The normalized spacial score (nSPS) is 16.5. The van der Waals surface area contributed by atoms with E-state index in [0.717, 1.165) is 51.1 Å². The van der Waals surface area contributed by atoms with Gasteiger partial charge in [0.1, 0.15) is 0 Å². The number of rotatable bonds is 4. The molecule has 0 atom stereocenters. The quantitative estimate of drug-likeness (QED) is 0.790. The summed E-state index contributed by atoms with van der Waals surface area (Å²) < 4.78 is 0. The van der Waals surface area contributed by atoms with Crippen LogP contribution in [-0.2, 0) is 11.2 Å². The van der Waals surface area contributed by atoms with Crippen LogP contribution in [0.15, 0.2) is 36.5 Å². The van der Waals surface area contributed by atoms with E-state index in [1.54, 1.807) is 0 Å². The molecule has 1 amide bonds. The highest BCUT2D eigenvalue weighted by atomic mass is 16.1. The fourth-order valence-electron chi connectivity index (χ4n) is 2.66. The van der Waals surface area contributed by atoms with Crippen LogP contribution >= 0.6 is 0 Å². The number of carbonyl (C=O) groups excluding carboxylic acids is 1. The SMILES string of the molecule is O=CN1CCN(CCc2ccc3ncccc3c2)CC1. The van der Waals surface area contributed by atoms with Crippen molar-refractivity contribution in [2.45, 2.75) is 6.42 Å². The van der Waals surface area contributed by atoms with E-state index in [9.17, 15) is 4.79 Å². The largest absolute Gasteiger partial charge is 0.343 e. The van der Waals surface area contributed by atoms with Crippen LogP contribution in [0.2, 0.25) is 0 Å². The summed E-state index contributed by atoms with van der Waals surface area (Å²) in [5.41, 5.74) is 2.40. The number of carbonyl (C=O) groups is 1. The van der Waals surface area contributed by atoms with Crippen LogP contribution in [0.1, 0.15) is 5.56 Å². The van der Waals surface area contributed by atoms with Crippen LogP contribution in [0.25, 0.3) is 10.9 Å². The first-order valence-electron chi connectivity index (χ1n) is 7.10. The summed E-state index contributed by atoms with van der Waals surface area (Å²) in [5, 5.41) is 1.20. The van der Waals surface area contributed by atoms with Crippen molar-refractivity contribution in [3.63, 3.8) is 0 Å². The zero-order valence-electron chi connectivity index (χ0n) is 11.5. The van der Waals surface area contributed by atoms with E-state index in [0.29, 0.717) is 0 Å². The Morgan fingerprint density at radius 3 is 2.80 bits per heavy atom. The lowest BCUT2D eigenvalue weighted by Crippen LogP contribution is -2.46. The Labute approximate surface area is 119 Å². The van der Waals surface area contributed by atoms with Crippen molar-refractivity contribution in [2.75, 3.05) is 32.7 Å². The number of hydrogen-bond donors (Lipinski definition) is 0. The van der Waals surface area contributed by atoms with Gasteiger partial charge in [-0.25, -0.2) is 0 Å². The second-order valence-corrected chi connectivity index (χ2v) is 5.26. The van der Waals surface area contributed by atoms with E-state index in [1.807, 2.05) is 17.2 Å². The van der Waals surface area contributed by atoms with Gasteiger partial charge in [0, 0.05) is 44.3 Å². The van der Waals surface area contributed by atoms with Gasteiger partial charge in [0.15, 0.2) is 0 Å². The Hall–Kier alpha value is -1.94. The van der Waals surface area contributed by atoms with E-state index >= 15 is 0 Å². The van der Waals surface area contributed by atoms with Crippen LogP contribution in [0.5, 0.6) is 0 Å². The van der Waals surface area contributed by atoms with Gasteiger partial charge < -0.3 is 4.90 Å². The average molecular weight is 269 g/mol. The summed E-state index contributed by atoms with van der Waals surface area (Å²) in [6.45, 7) is 4.72. The molecule has 1 aliphatic rings. The van der Waals surface area contributed by atoms with Gasteiger partial charge in [0.25, 0.3) is 0 Å². The summed E-state index contributed by atoms with van der Waals surface area (Å²) >= 11 is 0. The van der Waals surface area contributed by atoms with Crippen molar-refractivity contribution in [2.24, 2.45) is 0 Å². The molecule has 0 radical (unpaired) electrons. The van der Waals surface area contributed by atoms with E-state index in [-0.39, 0.29) is 0 Å². The molecule has 0 spiro atoms. The number of piperazine rings is 1. The summed E-state index contributed by atoms with van der Waals surface area (Å²) in [6, 6.07) is 10.6. The monoisotopic (exact) mass is 269 g/mol. The predicted octanol–water partition coefficient (Wildman–Crippen LogP) is 1.55. The predicted molar refractivity (Wildman–Crippen MR) is 79.5 cm³/mol. The molecule has 1 aliphatic heterocycles. The third-order valence-corrected chi connectivity index (χ3v) is 3.94. The molecule has 4 nitrogen and oxygen atoms in total. The molecular weight excluding hydrogens is 250 g/mol. The van der Waals surface area contributed by atoms with Gasteiger partial charge in [-0.15, -0.1) is 0 Å². The average Bonchev–Trinajstić information content (AvgIpc) is 2.53. The Kier molecular flexibility index (Phi) is 3.92. The van der Waals surface area contributed by atoms with E-state index in [1.165, 1.54) is 10.9 Å². The van der Waals surface area contributed by atoms with Crippen molar-refractivity contribution < 1.29 is 4.79 Å². The molecule has 0 N–H and O–H groups in total. The van der Waals surface area contributed by atoms with Gasteiger partial charge in [0.05, 0.1) is 5.52 Å².